The average molecular weight is 588 g/mol. The van der Waals surface area contributed by atoms with Gasteiger partial charge >= 0.3 is 12.1 Å². The van der Waals surface area contributed by atoms with Crippen molar-refractivity contribution in [2.24, 2.45) is 11.8 Å². The van der Waals surface area contributed by atoms with Gasteiger partial charge in [0.2, 0.25) is 0 Å². The minimum atomic E-state index is -4.44. The van der Waals surface area contributed by atoms with Crippen LogP contribution in [0.4, 0.5) is 17.6 Å². The normalized spacial score (nSPS) is 20.8. The third kappa shape index (κ3) is 6.80. The van der Waals surface area contributed by atoms with Gasteiger partial charge < -0.3 is 19.1 Å². The number of esters is 1. The smallest absolute Gasteiger partial charge is 0.393 e. The number of para-hydroxylation sites is 1. The van der Waals surface area contributed by atoms with Gasteiger partial charge in [-0.15, -0.1) is 0 Å². The number of carbonyl (C=O) groups excluding carboxylic acids is 2. The third-order valence-corrected chi connectivity index (χ3v) is 8.31. The van der Waals surface area contributed by atoms with Gasteiger partial charge in [-0.05, 0) is 82.4 Å². The van der Waals surface area contributed by atoms with Crippen molar-refractivity contribution in [2.45, 2.75) is 57.9 Å². The van der Waals surface area contributed by atoms with Crippen LogP contribution in [0.3, 0.4) is 0 Å². The third-order valence-electron chi connectivity index (χ3n) is 8.31. The fraction of sp³-hybridized carbons (Fsp3) is 0.500. The Hall–Kier alpha value is -3.40. The van der Waals surface area contributed by atoms with E-state index < -0.39 is 42.0 Å². The van der Waals surface area contributed by atoms with E-state index in [9.17, 15) is 27.2 Å². The molecule has 2 saturated heterocycles. The summed E-state index contributed by atoms with van der Waals surface area (Å²) in [7, 11) is 0. The van der Waals surface area contributed by atoms with E-state index in [4.69, 9.17) is 4.74 Å². The second kappa shape index (κ2) is 11.7. The highest BCUT2D eigenvalue weighted by atomic mass is 19.4. The first kappa shape index (κ1) is 30.1. The van der Waals surface area contributed by atoms with Crippen LogP contribution in [0.2, 0.25) is 0 Å². The second-order valence-electron chi connectivity index (χ2n) is 12.5. The van der Waals surface area contributed by atoms with Crippen LogP contribution in [0.15, 0.2) is 54.7 Å². The summed E-state index contributed by atoms with van der Waals surface area (Å²) in [6.07, 6.45) is -1.18. The van der Waals surface area contributed by atoms with Crippen LogP contribution in [0.5, 0.6) is 0 Å². The van der Waals surface area contributed by atoms with Crippen LogP contribution in [0.1, 0.15) is 55.5 Å². The molecule has 1 aromatic heterocycles. The van der Waals surface area contributed by atoms with Crippen LogP contribution in [0, 0.1) is 17.7 Å². The summed E-state index contributed by atoms with van der Waals surface area (Å²) in [4.78, 5) is 29.6. The molecule has 2 fully saturated rings. The molecule has 6 nitrogen and oxygen atoms in total. The molecular weight excluding hydrogens is 550 g/mol. The number of nitrogens with zero attached hydrogens (tertiary/aromatic N) is 3. The summed E-state index contributed by atoms with van der Waals surface area (Å²) < 4.78 is 63.0. The van der Waals surface area contributed by atoms with E-state index in [1.165, 1.54) is 17.0 Å². The van der Waals surface area contributed by atoms with Crippen LogP contribution in [-0.2, 0) is 16.1 Å². The molecule has 0 spiro atoms. The van der Waals surface area contributed by atoms with Gasteiger partial charge in [0.15, 0.2) is 0 Å². The highest BCUT2D eigenvalue weighted by Gasteiger charge is 2.51. The second-order valence-corrected chi connectivity index (χ2v) is 12.5. The molecule has 1 amide bonds. The largest absolute Gasteiger partial charge is 0.459 e. The van der Waals surface area contributed by atoms with E-state index in [0.717, 1.165) is 23.8 Å². The predicted molar refractivity (Wildman–Crippen MR) is 152 cm³/mol. The molecule has 0 radical (unpaired) electrons. The molecule has 3 aromatic rings. The Morgan fingerprint density at radius 2 is 1.64 bits per heavy atom. The number of likely N-dealkylation sites (tertiary alicyclic amines) is 2. The molecular formula is C32H37F4N3O3. The lowest BCUT2D eigenvalue weighted by Gasteiger charge is -2.35. The van der Waals surface area contributed by atoms with Crippen molar-refractivity contribution >= 4 is 22.8 Å². The number of piperidine rings is 1. The minimum Gasteiger partial charge on any atom is -0.459 e. The number of rotatable bonds is 6. The lowest BCUT2D eigenvalue weighted by molar-refractivity contribution is -0.181. The number of halogens is 4. The highest BCUT2D eigenvalue weighted by molar-refractivity contribution is 6.06. The number of aromatic nitrogens is 1. The predicted octanol–water partition coefficient (Wildman–Crippen LogP) is 6.25. The first-order valence-electron chi connectivity index (χ1n) is 14.4. The number of benzene rings is 2. The Morgan fingerprint density at radius 3 is 2.29 bits per heavy atom. The molecule has 0 saturated carbocycles. The molecule has 3 heterocycles. The van der Waals surface area contributed by atoms with Crippen molar-refractivity contribution in [1.82, 2.24) is 14.4 Å². The van der Waals surface area contributed by atoms with Gasteiger partial charge in [-0.1, -0.05) is 24.3 Å². The van der Waals surface area contributed by atoms with Crippen LogP contribution in [0.25, 0.3) is 10.9 Å². The zero-order valence-corrected chi connectivity index (χ0v) is 24.2. The number of amides is 1. The highest BCUT2D eigenvalue weighted by Crippen LogP contribution is 2.40. The zero-order valence-electron chi connectivity index (χ0n) is 24.2. The summed E-state index contributed by atoms with van der Waals surface area (Å²) in [5.41, 5.74) is 1.14. The Labute approximate surface area is 243 Å². The Balaban J connectivity index is 1.29. The van der Waals surface area contributed by atoms with E-state index in [2.05, 4.69) is 4.90 Å². The summed E-state index contributed by atoms with van der Waals surface area (Å²) >= 11 is 0. The fourth-order valence-corrected chi connectivity index (χ4v) is 6.36. The van der Waals surface area contributed by atoms with Gasteiger partial charge in [-0.25, -0.2) is 4.39 Å². The van der Waals surface area contributed by atoms with Crippen molar-refractivity contribution in [3.8, 4) is 0 Å². The molecule has 2 aliphatic heterocycles. The summed E-state index contributed by atoms with van der Waals surface area (Å²) in [5, 5.41) is 0.719. The lowest BCUT2D eigenvalue weighted by atomic mass is 9.88. The summed E-state index contributed by atoms with van der Waals surface area (Å²) in [5.74, 6) is -3.35. The molecule has 0 bridgehead atoms. The number of ether oxygens (including phenoxy) is 1. The van der Waals surface area contributed by atoms with Crippen molar-refractivity contribution in [2.75, 3.05) is 32.7 Å². The standard InChI is InChI=1S/C32H37F4N3O3/c1-31(2,3)42-28(40)20-38-16-13-23-5-4-6-26(29(23)38)30(41)39-18-24(27(19-39)32(34,35)36)17-37-14-11-22(12-15-37)21-7-9-25(33)10-8-21/h4-10,13,16,22,24,27H,11-12,14-15,17-20H2,1-3H3. The number of fused-ring (bicyclic) bond motifs is 1. The van der Waals surface area contributed by atoms with E-state index in [1.807, 2.05) is 0 Å². The van der Waals surface area contributed by atoms with E-state index >= 15 is 0 Å². The molecule has 2 unspecified atom stereocenters. The first-order chi connectivity index (χ1) is 19.8. The molecule has 5 rings (SSSR count). The first-order valence-corrected chi connectivity index (χ1v) is 14.4. The Bertz CT molecular complexity index is 1420. The van der Waals surface area contributed by atoms with E-state index in [1.54, 1.807) is 67.9 Å². The molecule has 226 valence electrons. The molecule has 0 N–H and O–H groups in total. The quantitative estimate of drug-likeness (QED) is 0.253. The SMILES string of the molecule is CC(C)(C)OC(=O)Cn1ccc2cccc(C(=O)N3CC(CN4CCC(c5ccc(F)cc5)CC4)C(C(F)(F)F)C3)c21. The van der Waals surface area contributed by atoms with Crippen LogP contribution in [-0.4, -0.2) is 70.7 Å². The van der Waals surface area contributed by atoms with Crippen molar-refractivity contribution in [1.29, 1.82) is 0 Å². The zero-order chi connectivity index (χ0) is 30.2. The number of carbonyl (C=O) groups is 2. The van der Waals surface area contributed by atoms with Crippen LogP contribution < -0.4 is 0 Å². The van der Waals surface area contributed by atoms with Crippen LogP contribution >= 0.6 is 0 Å². The van der Waals surface area contributed by atoms with Gasteiger partial charge in [-0.2, -0.15) is 13.2 Å². The maximum atomic E-state index is 14.2. The molecule has 10 heteroatoms. The van der Waals surface area contributed by atoms with Crippen molar-refractivity contribution < 1.29 is 31.9 Å². The monoisotopic (exact) mass is 587 g/mol. The maximum absolute atomic E-state index is 14.2. The van der Waals surface area contributed by atoms with E-state index in [-0.39, 0.29) is 36.9 Å². The number of hydrogen-bond donors (Lipinski definition) is 0. The lowest BCUT2D eigenvalue weighted by Crippen LogP contribution is -2.41. The van der Waals surface area contributed by atoms with E-state index in [0.29, 0.717) is 18.6 Å². The Morgan fingerprint density at radius 1 is 0.952 bits per heavy atom. The van der Waals surface area contributed by atoms with Gasteiger partial charge in [0.25, 0.3) is 5.91 Å². The maximum Gasteiger partial charge on any atom is 0.393 e. The summed E-state index contributed by atoms with van der Waals surface area (Å²) in [6.45, 7) is 6.33. The molecule has 2 aliphatic rings. The van der Waals surface area contributed by atoms with Gasteiger partial charge in [0, 0.05) is 37.1 Å². The summed E-state index contributed by atoms with van der Waals surface area (Å²) in [6, 6.07) is 13.3. The number of alkyl halides is 3. The molecule has 0 aliphatic carbocycles. The number of hydrogen-bond acceptors (Lipinski definition) is 4. The average Bonchev–Trinajstić information content (AvgIpc) is 3.53. The van der Waals surface area contributed by atoms with Crippen molar-refractivity contribution in [3.05, 3.63) is 71.7 Å². The van der Waals surface area contributed by atoms with Gasteiger partial charge in [0.05, 0.1) is 17.0 Å². The Kier molecular flexibility index (Phi) is 8.38. The fourth-order valence-electron chi connectivity index (χ4n) is 6.36. The molecule has 2 aromatic carbocycles. The molecule has 42 heavy (non-hydrogen) atoms. The molecule has 2 atom stereocenters. The minimum absolute atomic E-state index is 0.00403. The topological polar surface area (TPSA) is 54.8 Å². The van der Waals surface area contributed by atoms with Gasteiger partial charge in [-0.3, -0.25) is 9.59 Å². The van der Waals surface area contributed by atoms with Gasteiger partial charge in [0.1, 0.15) is 18.0 Å². The van der Waals surface area contributed by atoms with Crippen molar-refractivity contribution in [3.63, 3.8) is 0 Å².